The van der Waals surface area contributed by atoms with E-state index in [9.17, 15) is 19.2 Å². The Morgan fingerprint density at radius 3 is 1.25 bits per heavy atom. The van der Waals surface area contributed by atoms with E-state index >= 15 is 0 Å². The van der Waals surface area contributed by atoms with E-state index in [1.165, 1.54) is 24.3 Å². The van der Waals surface area contributed by atoms with Gasteiger partial charge in [0.15, 0.2) is 0 Å². The first-order valence-corrected chi connectivity index (χ1v) is 7.67. The van der Waals surface area contributed by atoms with Gasteiger partial charge in [0.2, 0.25) is 0 Å². The van der Waals surface area contributed by atoms with Crippen LogP contribution >= 0.6 is 0 Å². The number of carbonyl (C=O) groups is 4. The second-order valence-electron chi connectivity index (χ2n) is 5.34. The molecule has 0 atom stereocenters. The predicted octanol–water partition coefficient (Wildman–Crippen LogP) is 1.94. The Hall–Kier alpha value is -4.08. The normalized spacial score (nSPS) is 10.1. The highest BCUT2D eigenvalue weighted by Gasteiger charge is 2.17. The average molecular weight is 390 g/mol. The molecule has 0 aromatic heterocycles. The summed E-state index contributed by atoms with van der Waals surface area (Å²) in [4.78, 5) is 44.3. The zero-order valence-corrected chi connectivity index (χ0v) is 14.1. The molecule has 0 aliphatic heterocycles. The summed E-state index contributed by atoms with van der Waals surface area (Å²) in [5, 5.41) is 36.1. The number of aromatic carboxylic acids is 4. The number of hydrogen-bond acceptors (Lipinski definition) is 6. The van der Waals surface area contributed by atoms with E-state index in [-0.39, 0.29) is 47.0 Å². The highest BCUT2D eigenvalue weighted by Crippen LogP contribution is 2.22. The van der Waals surface area contributed by atoms with E-state index in [1.54, 1.807) is 0 Å². The van der Waals surface area contributed by atoms with E-state index < -0.39 is 23.9 Å². The maximum Gasteiger partial charge on any atom is 0.339 e. The number of carboxylic acids is 4. The van der Waals surface area contributed by atoms with E-state index in [1.807, 2.05) is 0 Å². The van der Waals surface area contributed by atoms with Crippen LogP contribution < -0.4 is 9.47 Å². The molecule has 2 rings (SSSR count). The molecule has 0 heterocycles. The van der Waals surface area contributed by atoms with E-state index in [4.69, 9.17) is 29.9 Å². The van der Waals surface area contributed by atoms with Gasteiger partial charge in [-0.25, -0.2) is 19.2 Å². The minimum Gasteiger partial charge on any atom is -0.489 e. The van der Waals surface area contributed by atoms with Crippen LogP contribution in [0.2, 0.25) is 0 Å². The van der Waals surface area contributed by atoms with Crippen LogP contribution in [0.4, 0.5) is 0 Å². The third kappa shape index (κ3) is 4.75. The van der Waals surface area contributed by atoms with Gasteiger partial charge in [0.25, 0.3) is 0 Å². The maximum absolute atomic E-state index is 11.2. The number of benzene rings is 2. The summed E-state index contributed by atoms with van der Waals surface area (Å²) in [5.41, 5.74) is -1.13. The van der Waals surface area contributed by atoms with Gasteiger partial charge in [0.05, 0.1) is 11.1 Å². The van der Waals surface area contributed by atoms with Crippen LogP contribution in [-0.2, 0) is 0 Å². The SMILES string of the molecule is O=C(O)c1ccc(OCCOc2ccc(C(=O)O)cc2C(=O)O)c(C(=O)O)c1. The summed E-state index contributed by atoms with van der Waals surface area (Å²) in [6.45, 7) is -0.348. The van der Waals surface area contributed by atoms with Crippen molar-refractivity contribution in [2.75, 3.05) is 13.2 Å². The van der Waals surface area contributed by atoms with Crippen LogP contribution in [0.1, 0.15) is 41.4 Å². The standard InChI is InChI=1S/C18H14O10/c19-15(20)9-1-3-13(11(7-9)17(23)24)27-5-6-28-14-4-2-10(16(21)22)8-12(14)18(25)26/h1-4,7-8H,5-6H2,(H,19,20)(H,21,22)(H,23,24)(H,25,26). The van der Waals surface area contributed by atoms with Crippen molar-refractivity contribution in [3.63, 3.8) is 0 Å². The van der Waals surface area contributed by atoms with Crippen molar-refractivity contribution in [3.8, 4) is 11.5 Å². The molecular weight excluding hydrogens is 376 g/mol. The third-order valence-electron chi connectivity index (χ3n) is 3.51. The van der Waals surface area contributed by atoms with Crippen molar-refractivity contribution < 1.29 is 49.1 Å². The van der Waals surface area contributed by atoms with Gasteiger partial charge in [-0.3, -0.25) is 0 Å². The Balaban J connectivity index is 2.07. The summed E-state index contributed by atoms with van der Waals surface area (Å²) in [7, 11) is 0. The van der Waals surface area contributed by atoms with Crippen molar-refractivity contribution in [1.82, 2.24) is 0 Å². The largest absolute Gasteiger partial charge is 0.489 e. The topological polar surface area (TPSA) is 168 Å². The smallest absolute Gasteiger partial charge is 0.339 e. The van der Waals surface area contributed by atoms with Crippen molar-refractivity contribution >= 4 is 23.9 Å². The fourth-order valence-electron chi connectivity index (χ4n) is 2.22. The van der Waals surface area contributed by atoms with Crippen molar-refractivity contribution in [3.05, 3.63) is 58.7 Å². The second-order valence-corrected chi connectivity index (χ2v) is 5.34. The Kier molecular flexibility index (Phi) is 6.17. The lowest BCUT2D eigenvalue weighted by Crippen LogP contribution is -2.14. The highest BCUT2D eigenvalue weighted by atomic mass is 16.5. The Morgan fingerprint density at radius 2 is 0.964 bits per heavy atom. The van der Waals surface area contributed by atoms with Crippen LogP contribution in [0, 0.1) is 0 Å². The molecule has 0 spiro atoms. The summed E-state index contributed by atoms with van der Waals surface area (Å²) in [6.07, 6.45) is 0. The highest BCUT2D eigenvalue weighted by molar-refractivity contribution is 5.96. The molecule has 4 N–H and O–H groups in total. The molecule has 0 aliphatic rings. The lowest BCUT2D eigenvalue weighted by atomic mass is 10.1. The fraction of sp³-hybridized carbons (Fsp3) is 0.111. The van der Waals surface area contributed by atoms with Gasteiger partial charge < -0.3 is 29.9 Å². The molecule has 2 aromatic carbocycles. The summed E-state index contributed by atoms with van der Waals surface area (Å²) in [5.74, 6) is -5.50. The van der Waals surface area contributed by atoms with Crippen LogP contribution in [0.5, 0.6) is 11.5 Å². The zero-order chi connectivity index (χ0) is 20.8. The Labute approximate surface area is 157 Å². The first kappa shape index (κ1) is 20.2. The second kappa shape index (κ2) is 8.54. The molecule has 10 heteroatoms. The Bertz CT molecular complexity index is 870. The molecule has 0 saturated carbocycles. The lowest BCUT2D eigenvalue weighted by molar-refractivity contribution is 0.0669. The third-order valence-corrected chi connectivity index (χ3v) is 3.51. The first-order chi connectivity index (χ1) is 13.2. The van der Waals surface area contributed by atoms with Gasteiger partial charge in [-0.15, -0.1) is 0 Å². The molecule has 0 fully saturated rings. The van der Waals surface area contributed by atoms with E-state index in [0.717, 1.165) is 12.1 Å². The van der Waals surface area contributed by atoms with Gasteiger partial charge in [-0.05, 0) is 36.4 Å². The first-order valence-electron chi connectivity index (χ1n) is 7.67. The van der Waals surface area contributed by atoms with Crippen LogP contribution in [-0.4, -0.2) is 57.5 Å². The van der Waals surface area contributed by atoms with E-state index in [0.29, 0.717) is 0 Å². The molecular formula is C18H14O10. The van der Waals surface area contributed by atoms with Crippen molar-refractivity contribution in [2.45, 2.75) is 0 Å². The lowest BCUT2D eigenvalue weighted by Gasteiger charge is -2.12. The van der Waals surface area contributed by atoms with Gasteiger partial charge in [-0.2, -0.15) is 0 Å². The minimum absolute atomic E-state index is 0.0826. The van der Waals surface area contributed by atoms with Crippen molar-refractivity contribution in [1.29, 1.82) is 0 Å². The molecule has 0 amide bonds. The van der Waals surface area contributed by atoms with Gasteiger partial charge in [-0.1, -0.05) is 0 Å². The molecule has 0 saturated heterocycles. The maximum atomic E-state index is 11.2. The Morgan fingerprint density at radius 1 is 0.607 bits per heavy atom. The van der Waals surface area contributed by atoms with Gasteiger partial charge in [0, 0.05) is 0 Å². The number of hydrogen-bond donors (Lipinski definition) is 4. The summed E-state index contributed by atoms with van der Waals surface area (Å²) >= 11 is 0. The predicted molar refractivity (Wildman–Crippen MR) is 91.7 cm³/mol. The van der Waals surface area contributed by atoms with Gasteiger partial charge >= 0.3 is 23.9 Å². The number of carboxylic acid groups (broad SMARTS) is 4. The molecule has 0 aliphatic carbocycles. The van der Waals surface area contributed by atoms with Crippen LogP contribution in [0.15, 0.2) is 36.4 Å². The summed E-state index contributed by atoms with van der Waals surface area (Å²) < 4.78 is 10.6. The molecule has 0 bridgehead atoms. The number of rotatable bonds is 9. The monoisotopic (exact) mass is 390 g/mol. The number of ether oxygens (including phenoxy) is 2. The van der Waals surface area contributed by atoms with Crippen LogP contribution in [0.25, 0.3) is 0 Å². The fourth-order valence-corrected chi connectivity index (χ4v) is 2.22. The quantitative estimate of drug-likeness (QED) is 0.464. The molecule has 0 unspecified atom stereocenters. The van der Waals surface area contributed by atoms with Crippen LogP contribution in [0.3, 0.4) is 0 Å². The molecule has 28 heavy (non-hydrogen) atoms. The molecule has 10 nitrogen and oxygen atoms in total. The molecule has 0 radical (unpaired) electrons. The zero-order valence-electron chi connectivity index (χ0n) is 14.1. The van der Waals surface area contributed by atoms with E-state index in [2.05, 4.69) is 0 Å². The average Bonchev–Trinajstić information content (AvgIpc) is 2.64. The van der Waals surface area contributed by atoms with Crippen molar-refractivity contribution in [2.24, 2.45) is 0 Å². The summed E-state index contributed by atoms with van der Waals surface area (Å²) in [6, 6.07) is 6.65. The molecule has 146 valence electrons. The minimum atomic E-state index is -1.38. The van der Waals surface area contributed by atoms with Gasteiger partial charge in [0.1, 0.15) is 35.8 Å². The molecule has 2 aromatic rings.